The average Bonchev–Trinajstić information content (AvgIpc) is 2.81. The van der Waals surface area contributed by atoms with Crippen molar-refractivity contribution in [1.82, 2.24) is 10.2 Å². The molecule has 192 valence electrons. The van der Waals surface area contributed by atoms with Gasteiger partial charge in [0.2, 0.25) is 21.8 Å². The summed E-state index contributed by atoms with van der Waals surface area (Å²) in [6.45, 7) is 6.59. The van der Waals surface area contributed by atoms with Crippen molar-refractivity contribution < 1.29 is 22.4 Å². The molecule has 0 radical (unpaired) electrons. The van der Waals surface area contributed by atoms with Crippen molar-refractivity contribution in [2.75, 3.05) is 23.7 Å². The lowest BCUT2D eigenvalue weighted by Crippen LogP contribution is -2.48. The molecule has 0 saturated carbocycles. The number of halogens is 1. The third-order valence-corrected chi connectivity index (χ3v) is 7.06. The van der Waals surface area contributed by atoms with Crippen LogP contribution in [0.1, 0.15) is 50.7 Å². The quantitative estimate of drug-likeness (QED) is 0.417. The van der Waals surface area contributed by atoms with Gasteiger partial charge in [-0.25, -0.2) is 12.8 Å². The predicted molar refractivity (Wildman–Crippen MR) is 137 cm³/mol. The molecule has 0 fully saturated rings. The molecule has 35 heavy (non-hydrogen) atoms. The molecule has 0 aliphatic rings. The molecule has 0 aromatic heterocycles. The van der Waals surface area contributed by atoms with Gasteiger partial charge in [0, 0.05) is 26.1 Å². The first-order chi connectivity index (χ1) is 16.5. The maximum Gasteiger partial charge on any atom is 0.242 e. The highest BCUT2D eigenvalue weighted by molar-refractivity contribution is 7.92. The Balaban J connectivity index is 2.14. The number of anilines is 1. The largest absolute Gasteiger partial charge is 0.354 e. The maximum atomic E-state index is 13.3. The zero-order valence-corrected chi connectivity index (χ0v) is 21.8. The van der Waals surface area contributed by atoms with E-state index in [1.54, 1.807) is 11.8 Å². The van der Waals surface area contributed by atoms with Gasteiger partial charge in [0.25, 0.3) is 0 Å². The van der Waals surface area contributed by atoms with Crippen LogP contribution < -0.4 is 9.62 Å². The van der Waals surface area contributed by atoms with Crippen LogP contribution in [0.15, 0.2) is 48.5 Å². The highest BCUT2D eigenvalue weighted by Crippen LogP contribution is 2.20. The summed E-state index contributed by atoms with van der Waals surface area (Å²) in [5.74, 6) is -0.918. The van der Waals surface area contributed by atoms with Gasteiger partial charge in [0.1, 0.15) is 11.9 Å². The highest BCUT2D eigenvalue weighted by Gasteiger charge is 2.26. The molecule has 0 saturated heterocycles. The topological polar surface area (TPSA) is 86.8 Å². The third-order valence-electron chi connectivity index (χ3n) is 5.87. The molecule has 0 aliphatic heterocycles. The SMILES string of the molecule is CCCCNC(=O)C(C)N(Cc1ccccc1C)C(=O)CCCN(c1ccc(F)cc1)S(C)(=O)=O. The van der Waals surface area contributed by atoms with Gasteiger partial charge in [-0.2, -0.15) is 0 Å². The number of aryl methyl sites for hydroxylation is 1. The molecule has 0 bridgehead atoms. The Morgan fingerprint density at radius 1 is 1.06 bits per heavy atom. The van der Waals surface area contributed by atoms with Crippen LogP contribution >= 0.6 is 0 Å². The second kappa shape index (κ2) is 13.2. The molecule has 0 spiro atoms. The van der Waals surface area contributed by atoms with Crippen LogP contribution in [-0.2, 0) is 26.2 Å². The Hall–Kier alpha value is -2.94. The minimum atomic E-state index is -3.62. The molecule has 0 aliphatic carbocycles. The number of hydrogen-bond donors (Lipinski definition) is 1. The normalized spacial score (nSPS) is 12.1. The zero-order valence-electron chi connectivity index (χ0n) is 21.0. The van der Waals surface area contributed by atoms with Gasteiger partial charge in [0.05, 0.1) is 11.9 Å². The lowest BCUT2D eigenvalue weighted by atomic mass is 10.1. The van der Waals surface area contributed by atoms with E-state index in [1.165, 1.54) is 24.3 Å². The summed E-state index contributed by atoms with van der Waals surface area (Å²) < 4.78 is 39.1. The Morgan fingerprint density at radius 2 is 1.71 bits per heavy atom. The van der Waals surface area contributed by atoms with Crippen molar-refractivity contribution in [2.24, 2.45) is 0 Å². The Bertz CT molecular complexity index is 1090. The lowest BCUT2D eigenvalue weighted by molar-refractivity contribution is -0.140. The number of hydrogen-bond acceptors (Lipinski definition) is 4. The molecule has 9 heteroatoms. The Labute approximate surface area is 208 Å². The van der Waals surface area contributed by atoms with Gasteiger partial charge in [-0.05, 0) is 62.1 Å². The summed E-state index contributed by atoms with van der Waals surface area (Å²) in [4.78, 5) is 27.6. The summed E-state index contributed by atoms with van der Waals surface area (Å²) in [5.41, 5.74) is 2.29. The van der Waals surface area contributed by atoms with Gasteiger partial charge in [-0.15, -0.1) is 0 Å². The molecule has 0 heterocycles. The number of nitrogens with zero attached hydrogens (tertiary/aromatic N) is 2. The maximum absolute atomic E-state index is 13.3. The summed E-state index contributed by atoms with van der Waals surface area (Å²) in [7, 11) is -3.62. The number of carbonyl (C=O) groups excluding carboxylic acids is 2. The number of amides is 2. The van der Waals surface area contributed by atoms with Gasteiger partial charge in [-0.3, -0.25) is 13.9 Å². The van der Waals surface area contributed by atoms with Crippen molar-refractivity contribution in [3.63, 3.8) is 0 Å². The van der Waals surface area contributed by atoms with Crippen molar-refractivity contribution in [2.45, 2.75) is 59.0 Å². The molecule has 1 unspecified atom stereocenters. The van der Waals surface area contributed by atoms with Crippen LogP contribution in [0.5, 0.6) is 0 Å². The van der Waals surface area contributed by atoms with Crippen LogP contribution in [0.25, 0.3) is 0 Å². The summed E-state index contributed by atoms with van der Waals surface area (Å²) in [6.07, 6.45) is 3.19. The average molecular weight is 506 g/mol. The first-order valence-electron chi connectivity index (χ1n) is 11.9. The number of rotatable bonds is 13. The van der Waals surface area contributed by atoms with Crippen LogP contribution in [0.2, 0.25) is 0 Å². The van der Waals surface area contributed by atoms with Crippen LogP contribution in [0, 0.1) is 12.7 Å². The molecule has 2 aromatic carbocycles. The van der Waals surface area contributed by atoms with Crippen LogP contribution in [-0.4, -0.2) is 50.5 Å². The smallest absolute Gasteiger partial charge is 0.242 e. The minimum absolute atomic E-state index is 0.0610. The van der Waals surface area contributed by atoms with Gasteiger partial charge in [0.15, 0.2) is 0 Å². The van der Waals surface area contributed by atoms with E-state index in [9.17, 15) is 22.4 Å². The van der Waals surface area contributed by atoms with E-state index in [2.05, 4.69) is 5.32 Å². The monoisotopic (exact) mass is 505 g/mol. The van der Waals surface area contributed by atoms with Crippen molar-refractivity contribution in [1.29, 1.82) is 0 Å². The molecule has 1 atom stereocenters. The number of benzene rings is 2. The molecule has 1 N–H and O–H groups in total. The second-order valence-electron chi connectivity index (χ2n) is 8.68. The number of unbranched alkanes of at least 4 members (excludes halogenated alkanes) is 1. The molecule has 2 amide bonds. The molecule has 2 aromatic rings. The molecular weight excluding hydrogens is 469 g/mol. The fraction of sp³-hybridized carbons (Fsp3) is 0.462. The number of nitrogens with one attached hydrogen (secondary N) is 1. The lowest BCUT2D eigenvalue weighted by Gasteiger charge is -2.30. The Morgan fingerprint density at radius 3 is 2.31 bits per heavy atom. The Kier molecular flexibility index (Phi) is 10.7. The fourth-order valence-corrected chi connectivity index (χ4v) is 4.67. The number of sulfonamides is 1. The van der Waals surface area contributed by atoms with E-state index in [0.29, 0.717) is 12.2 Å². The first-order valence-corrected chi connectivity index (χ1v) is 13.7. The standard InChI is InChI=1S/C26H36FN3O4S/c1-5-6-17-28-26(32)21(3)29(19-22-11-8-7-10-20(22)2)25(31)12-9-18-30(35(4,33)34)24-15-13-23(27)14-16-24/h7-8,10-11,13-16,21H,5-6,9,12,17-19H2,1-4H3,(H,28,32). The van der Waals surface area contributed by atoms with Gasteiger partial charge < -0.3 is 10.2 Å². The molecule has 2 rings (SSSR count). The van der Waals surface area contributed by atoms with Crippen molar-refractivity contribution in [3.05, 3.63) is 65.5 Å². The minimum Gasteiger partial charge on any atom is -0.354 e. The number of carbonyl (C=O) groups is 2. The van der Waals surface area contributed by atoms with Gasteiger partial charge in [-0.1, -0.05) is 37.6 Å². The van der Waals surface area contributed by atoms with Crippen LogP contribution in [0.4, 0.5) is 10.1 Å². The summed E-state index contributed by atoms with van der Waals surface area (Å²) in [5, 5.41) is 2.89. The van der Waals surface area contributed by atoms with Gasteiger partial charge >= 0.3 is 0 Å². The zero-order chi connectivity index (χ0) is 26.0. The van der Waals surface area contributed by atoms with E-state index in [0.717, 1.165) is 34.5 Å². The third kappa shape index (κ3) is 8.65. The van der Waals surface area contributed by atoms with E-state index in [-0.39, 0.29) is 37.7 Å². The second-order valence-corrected chi connectivity index (χ2v) is 10.6. The summed E-state index contributed by atoms with van der Waals surface area (Å²) in [6, 6.07) is 12.2. The first kappa shape index (κ1) is 28.3. The molecular formula is C26H36FN3O4S. The predicted octanol–water partition coefficient (Wildman–Crippen LogP) is 4.01. The van der Waals surface area contributed by atoms with Crippen molar-refractivity contribution in [3.8, 4) is 0 Å². The fourth-order valence-electron chi connectivity index (χ4n) is 3.70. The van der Waals surface area contributed by atoms with E-state index >= 15 is 0 Å². The van der Waals surface area contributed by atoms with E-state index in [1.807, 2.05) is 38.1 Å². The van der Waals surface area contributed by atoms with Crippen LogP contribution in [0.3, 0.4) is 0 Å². The van der Waals surface area contributed by atoms with E-state index in [4.69, 9.17) is 0 Å². The highest BCUT2D eigenvalue weighted by atomic mass is 32.2. The molecule has 7 nitrogen and oxygen atoms in total. The summed E-state index contributed by atoms with van der Waals surface area (Å²) >= 11 is 0. The van der Waals surface area contributed by atoms with E-state index < -0.39 is 21.9 Å². The van der Waals surface area contributed by atoms with Crippen molar-refractivity contribution >= 4 is 27.5 Å².